The number of hydrazine groups is 1. The van der Waals surface area contributed by atoms with Gasteiger partial charge in [-0.05, 0) is 20.9 Å². The fourth-order valence-electron chi connectivity index (χ4n) is 1.17. The Kier molecular flexibility index (Phi) is 5.05. The molecule has 0 saturated carbocycles. The maximum Gasteiger partial charge on any atom is 0.239 e. The molecule has 1 heterocycles. The van der Waals surface area contributed by atoms with Gasteiger partial charge in [0.1, 0.15) is 0 Å². The van der Waals surface area contributed by atoms with Crippen LogP contribution in [0.4, 0.5) is 16.2 Å². The van der Waals surface area contributed by atoms with E-state index in [0.29, 0.717) is 12.6 Å². The van der Waals surface area contributed by atoms with Crippen LogP contribution in [0, 0.1) is 5.82 Å². The number of hydrogen-bond acceptors (Lipinski definition) is 6. The molecule has 0 unspecified atom stereocenters. The maximum absolute atomic E-state index is 13.3. The predicted molar refractivity (Wildman–Crippen MR) is 66.1 cm³/mol. The van der Waals surface area contributed by atoms with E-state index < -0.39 is 5.82 Å². The van der Waals surface area contributed by atoms with Crippen molar-refractivity contribution in [2.45, 2.75) is 19.9 Å². The zero-order chi connectivity index (χ0) is 12.8. The highest BCUT2D eigenvalue weighted by Gasteiger charge is 2.07. The molecule has 0 saturated heterocycles. The lowest BCUT2D eigenvalue weighted by Gasteiger charge is -2.21. The molecular formula is C10H19FN6. The summed E-state index contributed by atoms with van der Waals surface area (Å²) < 4.78 is 13.3. The molecule has 0 aromatic carbocycles. The molecule has 0 bridgehead atoms. The highest BCUT2D eigenvalue weighted by Crippen LogP contribution is 2.10. The average Bonchev–Trinajstić information content (AvgIpc) is 2.31. The molecule has 17 heavy (non-hydrogen) atoms. The topological polar surface area (TPSA) is 79.1 Å². The van der Waals surface area contributed by atoms with Gasteiger partial charge in [0.15, 0.2) is 11.6 Å². The number of nitrogens with one attached hydrogen (secondary N) is 2. The molecule has 7 heteroatoms. The van der Waals surface area contributed by atoms with E-state index in [1.165, 1.54) is 0 Å². The van der Waals surface area contributed by atoms with Crippen LogP contribution in [0.25, 0.3) is 0 Å². The third-order valence-electron chi connectivity index (χ3n) is 2.51. The number of halogens is 1. The predicted octanol–water partition coefficient (Wildman–Crippen LogP) is 0.653. The molecule has 0 fully saturated rings. The van der Waals surface area contributed by atoms with E-state index in [9.17, 15) is 4.39 Å². The van der Waals surface area contributed by atoms with Crippen molar-refractivity contribution in [3.63, 3.8) is 0 Å². The largest absolute Gasteiger partial charge is 0.366 e. The number of nitrogen functional groups attached to an aromatic ring is 1. The number of nitrogens with zero attached hydrogens (tertiary/aromatic N) is 3. The van der Waals surface area contributed by atoms with Crippen molar-refractivity contribution in [1.82, 2.24) is 14.9 Å². The SMILES string of the molecule is CC(C)N(C)CCNc1nc(NN)ncc1F. The van der Waals surface area contributed by atoms with Crippen molar-refractivity contribution in [1.29, 1.82) is 0 Å². The van der Waals surface area contributed by atoms with Crippen molar-refractivity contribution >= 4 is 11.8 Å². The molecule has 0 aliphatic carbocycles. The molecule has 0 amide bonds. The fourth-order valence-corrected chi connectivity index (χ4v) is 1.17. The minimum atomic E-state index is -0.490. The lowest BCUT2D eigenvalue weighted by molar-refractivity contribution is 0.284. The summed E-state index contributed by atoms with van der Waals surface area (Å²) in [5.41, 5.74) is 2.27. The molecule has 6 nitrogen and oxygen atoms in total. The van der Waals surface area contributed by atoms with Crippen molar-refractivity contribution in [2.24, 2.45) is 5.84 Å². The second-order valence-corrected chi connectivity index (χ2v) is 4.04. The van der Waals surface area contributed by atoms with Crippen LogP contribution in [0.3, 0.4) is 0 Å². The van der Waals surface area contributed by atoms with Crippen molar-refractivity contribution in [3.8, 4) is 0 Å². The standard InChI is InChI=1S/C10H19FN6/c1-7(2)17(3)5-4-13-9-8(11)6-14-10(15-9)16-12/h6-7H,4-5,12H2,1-3H3,(H2,13,14,15,16). The second kappa shape index (κ2) is 6.31. The zero-order valence-electron chi connectivity index (χ0n) is 10.4. The van der Waals surface area contributed by atoms with Gasteiger partial charge in [-0.3, -0.25) is 5.43 Å². The van der Waals surface area contributed by atoms with E-state index in [0.717, 1.165) is 12.7 Å². The molecule has 0 aliphatic rings. The molecule has 1 rings (SSSR count). The third-order valence-corrected chi connectivity index (χ3v) is 2.51. The van der Waals surface area contributed by atoms with E-state index >= 15 is 0 Å². The Morgan fingerprint density at radius 3 is 2.82 bits per heavy atom. The number of aromatic nitrogens is 2. The molecule has 1 aromatic rings. The number of nitrogens with two attached hydrogens (primary N) is 1. The molecule has 0 radical (unpaired) electrons. The Bertz CT molecular complexity index is 357. The molecule has 4 N–H and O–H groups in total. The smallest absolute Gasteiger partial charge is 0.239 e. The summed E-state index contributed by atoms with van der Waals surface area (Å²) >= 11 is 0. The van der Waals surface area contributed by atoms with Gasteiger partial charge < -0.3 is 10.2 Å². The summed E-state index contributed by atoms with van der Waals surface area (Å²) in [6.45, 7) is 5.60. The third kappa shape index (κ3) is 4.12. The van der Waals surface area contributed by atoms with Crippen LogP contribution in [-0.2, 0) is 0 Å². The number of anilines is 2. The van der Waals surface area contributed by atoms with Gasteiger partial charge in [0.05, 0.1) is 6.20 Å². The first kappa shape index (κ1) is 13.6. The first-order chi connectivity index (χ1) is 8.04. The zero-order valence-corrected chi connectivity index (χ0v) is 10.4. The van der Waals surface area contributed by atoms with Crippen LogP contribution in [0.1, 0.15) is 13.8 Å². The van der Waals surface area contributed by atoms with Crippen molar-refractivity contribution in [2.75, 3.05) is 30.9 Å². The lowest BCUT2D eigenvalue weighted by atomic mass is 10.3. The summed E-state index contributed by atoms with van der Waals surface area (Å²) in [4.78, 5) is 9.68. The van der Waals surface area contributed by atoms with Gasteiger partial charge in [-0.25, -0.2) is 15.2 Å². The average molecular weight is 242 g/mol. The van der Waals surface area contributed by atoms with Crippen molar-refractivity contribution < 1.29 is 4.39 Å². The monoisotopic (exact) mass is 242 g/mol. The first-order valence-electron chi connectivity index (χ1n) is 5.48. The van der Waals surface area contributed by atoms with Gasteiger partial charge in [-0.2, -0.15) is 4.98 Å². The maximum atomic E-state index is 13.3. The number of likely N-dealkylation sites (N-methyl/N-ethyl adjacent to an activating group) is 1. The second-order valence-electron chi connectivity index (χ2n) is 4.04. The Balaban J connectivity index is 2.51. The van der Waals surface area contributed by atoms with Gasteiger partial charge in [0.2, 0.25) is 5.95 Å². The molecule has 96 valence electrons. The first-order valence-corrected chi connectivity index (χ1v) is 5.48. The van der Waals surface area contributed by atoms with E-state index in [1.807, 2.05) is 7.05 Å². The van der Waals surface area contributed by atoms with Gasteiger partial charge in [0, 0.05) is 19.1 Å². The summed E-state index contributed by atoms with van der Waals surface area (Å²) in [6, 6.07) is 0.452. The van der Waals surface area contributed by atoms with Gasteiger partial charge >= 0.3 is 0 Å². The summed E-state index contributed by atoms with van der Waals surface area (Å²) in [5, 5.41) is 2.91. The summed E-state index contributed by atoms with van der Waals surface area (Å²) in [5.74, 6) is 5.01. The number of hydrogen-bond donors (Lipinski definition) is 3. The molecule has 1 aromatic heterocycles. The van der Waals surface area contributed by atoms with Gasteiger partial charge in [-0.15, -0.1) is 0 Å². The Hall–Kier alpha value is -1.47. The van der Waals surface area contributed by atoms with Crippen LogP contribution in [0.5, 0.6) is 0 Å². The Morgan fingerprint density at radius 1 is 1.53 bits per heavy atom. The van der Waals surface area contributed by atoms with E-state index in [2.05, 4.69) is 39.5 Å². The molecular weight excluding hydrogens is 223 g/mol. The normalized spacial score (nSPS) is 11.0. The summed E-state index contributed by atoms with van der Waals surface area (Å²) in [7, 11) is 2.01. The Labute approximate surface area is 100 Å². The van der Waals surface area contributed by atoms with Crippen LogP contribution in [0.2, 0.25) is 0 Å². The number of rotatable bonds is 6. The van der Waals surface area contributed by atoms with E-state index in [4.69, 9.17) is 5.84 Å². The molecule has 0 aliphatic heterocycles. The highest BCUT2D eigenvalue weighted by atomic mass is 19.1. The van der Waals surface area contributed by atoms with Crippen LogP contribution < -0.4 is 16.6 Å². The van der Waals surface area contributed by atoms with Crippen LogP contribution in [-0.4, -0.2) is 41.0 Å². The quantitative estimate of drug-likeness (QED) is 0.502. The summed E-state index contributed by atoms with van der Waals surface area (Å²) in [6.07, 6.45) is 1.08. The van der Waals surface area contributed by atoms with Gasteiger partial charge in [-0.1, -0.05) is 0 Å². The lowest BCUT2D eigenvalue weighted by Crippen LogP contribution is -2.31. The minimum absolute atomic E-state index is 0.158. The molecule has 0 spiro atoms. The van der Waals surface area contributed by atoms with Crippen LogP contribution >= 0.6 is 0 Å². The van der Waals surface area contributed by atoms with Crippen molar-refractivity contribution in [3.05, 3.63) is 12.0 Å². The fraction of sp³-hybridized carbons (Fsp3) is 0.600. The minimum Gasteiger partial charge on any atom is -0.366 e. The van der Waals surface area contributed by atoms with Gasteiger partial charge in [0.25, 0.3) is 0 Å². The Morgan fingerprint density at radius 2 is 2.24 bits per heavy atom. The highest BCUT2D eigenvalue weighted by molar-refractivity contribution is 5.40. The van der Waals surface area contributed by atoms with E-state index in [1.54, 1.807) is 0 Å². The molecule has 0 atom stereocenters. The van der Waals surface area contributed by atoms with E-state index in [-0.39, 0.29) is 11.8 Å². The van der Waals surface area contributed by atoms with Crippen LogP contribution in [0.15, 0.2) is 6.20 Å².